The van der Waals surface area contributed by atoms with Gasteiger partial charge in [0, 0.05) is 13.3 Å². The first-order valence-electron chi connectivity index (χ1n) is 5.26. The summed E-state index contributed by atoms with van der Waals surface area (Å²) in [5.74, 6) is 1.49. The van der Waals surface area contributed by atoms with Gasteiger partial charge in [-0.3, -0.25) is 0 Å². The van der Waals surface area contributed by atoms with Gasteiger partial charge in [0.25, 0.3) is 0 Å². The van der Waals surface area contributed by atoms with E-state index in [1.807, 2.05) is 7.05 Å². The van der Waals surface area contributed by atoms with Crippen molar-refractivity contribution in [3.05, 3.63) is 11.1 Å². The van der Waals surface area contributed by atoms with Crippen molar-refractivity contribution in [3.63, 3.8) is 0 Å². The lowest BCUT2D eigenvalue weighted by Crippen LogP contribution is -2.14. The van der Waals surface area contributed by atoms with Crippen LogP contribution in [-0.2, 0) is 0 Å². The molecular formula is C12H21N. The minimum Gasteiger partial charge on any atom is -0.301 e. The van der Waals surface area contributed by atoms with Gasteiger partial charge in [0.1, 0.15) is 0 Å². The number of rotatable bonds is 4. The summed E-state index contributed by atoms with van der Waals surface area (Å²) in [7, 11) is 1.85. The maximum Gasteiger partial charge on any atom is 0.0273 e. The van der Waals surface area contributed by atoms with E-state index in [1.54, 1.807) is 11.1 Å². The van der Waals surface area contributed by atoms with E-state index in [1.165, 1.54) is 19.3 Å². The fraction of sp³-hybridized carbons (Fsp3) is 0.750. The van der Waals surface area contributed by atoms with Gasteiger partial charge >= 0.3 is 0 Å². The van der Waals surface area contributed by atoms with Crippen molar-refractivity contribution in [2.24, 2.45) is 16.8 Å². The van der Waals surface area contributed by atoms with Crippen molar-refractivity contribution in [1.29, 1.82) is 0 Å². The third kappa shape index (κ3) is 2.68. The van der Waals surface area contributed by atoms with Gasteiger partial charge in [-0.15, -0.1) is 0 Å². The van der Waals surface area contributed by atoms with Crippen LogP contribution >= 0.6 is 0 Å². The number of hydrogen-bond donors (Lipinski definition) is 0. The van der Waals surface area contributed by atoms with E-state index in [9.17, 15) is 0 Å². The maximum absolute atomic E-state index is 4.05. The lowest BCUT2D eigenvalue weighted by Gasteiger charge is -2.29. The molecule has 74 valence electrons. The minimum atomic E-state index is 0.640. The Hall–Kier alpha value is -0.590. The molecule has 0 fully saturated rings. The highest BCUT2D eigenvalue weighted by atomic mass is 14.6. The van der Waals surface area contributed by atoms with Crippen LogP contribution in [0.4, 0.5) is 0 Å². The molecule has 1 heteroatoms. The molecule has 0 heterocycles. The summed E-state index contributed by atoms with van der Waals surface area (Å²) in [6.07, 6.45) is 5.93. The highest BCUT2D eigenvalue weighted by Gasteiger charge is 2.21. The van der Waals surface area contributed by atoms with E-state index in [4.69, 9.17) is 0 Å². The van der Waals surface area contributed by atoms with Gasteiger partial charge < -0.3 is 4.99 Å². The summed E-state index contributed by atoms with van der Waals surface area (Å²) >= 11 is 0. The molecule has 0 N–H and O–H groups in total. The van der Waals surface area contributed by atoms with E-state index in [0.717, 1.165) is 5.92 Å². The van der Waals surface area contributed by atoms with E-state index < -0.39 is 0 Å². The second kappa shape index (κ2) is 4.59. The molecule has 1 aliphatic carbocycles. The Kier molecular flexibility index (Phi) is 3.71. The number of hydrogen-bond acceptors (Lipinski definition) is 1. The first-order valence-corrected chi connectivity index (χ1v) is 5.26. The molecule has 0 bridgehead atoms. The van der Waals surface area contributed by atoms with Crippen LogP contribution in [0.25, 0.3) is 0 Å². The molecule has 0 spiro atoms. The van der Waals surface area contributed by atoms with Crippen molar-refractivity contribution in [2.45, 2.75) is 40.0 Å². The lowest BCUT2D eigenvalue weighted by molar-refractivity contribution is 0.536. The largest absolute Gasteiger partial charge is 0.301 e. The molecule has 13 heavy (non-hydrogen) atoms. The smallest absolute Gasteiger partial charge is 0.0273 e. The molecular weight excluding hydrogens is 158 g/mol. The molecule has 0 saturated carbocycles. The third-order valence-corrected chi connectivity index (χ3v) is 3.15. The highest BCUT2D eigenvalue weighted by Crippen LogP contribution is 2.36. The van der Waals surface area contributed by atoms with Crippen molar-refractivity contribution in [1.82, 2.24) is 0 Å². The summed E-state index contributed by atoms with van der Waals surface area (Å²) in [6, 6.07) is 0. The average Bonchev–Trinajstić information content (AvgIpc) is 2.12. The quantitative estimate of drug-likeness (QED) is 0.463. The van der Waals surface area contributed by atoms with Gasteiger partial charge in [-0.25, -0.2) is 0 Å². The van der Waals surface area contributed by atoms with Crippen molar-refractivity contribution in [3.8, 4) is 0 Å². The number of aliphatic imine (C=N–C) groups is 1. The molecule has 0 aromatic heterocycles. The van der Waals surface area contributed by atoms with Crippen LogP contribution < -0.4 is 0 Å². The molecule has 0 radical (unpaired) electrons. The van der Waals surface area contributed by atoms with E-state index in [-0.39, 0.29) is 0 Å². The summed E-state index contributed by atoms with van der Waals surface area (Å²) in [5.41, 5.74) is 3.34. The third-order valence-electron chi connectivity index (χ3n) is 3.15. The van der Waals surface area contributed by atoms with Crippen LogP contribution in [-0.4, -0.2) is 13.3 Å². The molecule has 1 aliphatic rings. The van der Waals surface area contributed by atoms with Crippen LogP contribution in [0, 0.1) is 11.8 Å². The van der Waals surface area contributed by atoms with Crippen LogP contribution in [0.3, 0.4) is 0 Å². The fourth-order valence-electron chi connectivity index (χ4n) is 1.93. The zero-order chi connectivity index (χ0) is 9.84. The topological polar surface area (TPSA) is 12.4 Å². The fourth-order valence-corrected chi connectivity index (χ4v) is 1.93. The highest BCUT2D eigenvalue weighted by molar-refractivity contribution is 5.59. The molecule has 0 aliphatic heterocycles. The first-order chi connectivity index (χ1) is 6.15. The zero-order valence-corrected chi connectivity index (χ0v) is 9.30. The SMILES string of the molecule is C/N=C\C(C)CCC1=C(C)C(C)C1. The van der Waals surface area contributed by atoms with Crippen molar-refractivity contribution < 1.29 is 0 Å². The molecule has 0 saturated heterocycles. The average molecular weight is 179 g/mol. The summed E-state index contributed by atoms with van der Waals surface area (Å²) in [5, 5.41) is 0. The molecule has 2 unspecified atom stereocenters. The van der Waals surface area contributed by atoms with Crippen molar-refractivity contribution in [2.75, 3.05) is 7.05 Å². The van der Waals surface area contributed by atoms with E-state index >= 15 is 0 Å². The van der Waals surface area contributed by atoms with Gasteiger partial charge in [0.15, 0.2) is 0 Å². The molecule has 0 amide bonds. The molecule has 0 aromatic carbocycles. The molecule has 1 rings (SSSR count). The number of nitrogens with zero attached hydrogens (tertiary/aromatic N) is 1. The summed E-state index contributed by atoms with van der Waals surface area (Å²) in [4.78, 5) is 4.05. The van der Waals surface area contributed by atoms with Gasteiger partial charge in [-0.05, 0) is 38.0 Å². The normalized spacial score (nSPS) is 25.1. The standard InChI is InChI=1S/C12H21N/c1-9(8-13-4)5-6-12-7-10(2)11(12)3/h8-10H,5-7H2,1-4H3/b13-8-. The van der Waals surface area contributed by atoms with Gasteiger partial charge in [-0.1, -0.05) is 25.0 Å². The lowest BCUT2D eigenvalue weighted by atomic mass is 9.77. The second-order valence-corrected chi connectivity index (χ2v) is 4.31. The molecule has 2 atom stereocenters. The Balaban J connectivity index is 2.28. The Morgan fingerprint density at radius 2 is 2.31 bits per heavy atom. The van der Waals surface area contributed by atoms with Gasteiger partial charge in [0.05, 0.1) is 0 Å². The number of allylic oxidation sites excluding steroid dienone is 2. The minimum absolute atomic E-state index is 0.640. The zero-order valence-electron chi connectivity index (χ0n) is 9.30. The Labute approximate surface area is 82.0 Å². The first kappa shape index (κ1) is 10.5. The van der Waals surface area contributed by atoms with E-state index in [2.05, 4.69) is 32.0 Å². The Bertz CT molecular complexity index is 225. The van der Waals surface area contributed by atoms with Crippen LogP contribution in [0.1, 0.15) is 40.0 Å². The van der Waals surface area contributed by atoms with Crippen LogP contribution in [0.15, 0.2) is 16.1 Å². The molecule has 1 nitrogen and oxygen atoms in total. The molecule has 0 aromatic rings. The van der Waals surface area contributed by atoms with Crippen molar-refractivity contribution >= 4 is 6.21 Å². The van der Waals surface area contributed by atoms with Gasteiger partial charge in [-0.2, -0.15) is 0 Å². The Morgan fingerprint density at radius 3 is 2.77 bits per heavy atom. The summed E-state index contributed by atoms with van der Waals surface area (Å²) < 4.78 is 0. The summed E-state index contributed by atoms with van der Waals surface area (Å²) in [6.45, 7) is 6.84. The van der Waals surface area contributed by atoms with E-state index in [0.29, 0.717) is 5.92 Å². The van der Waals surface area contributed by atoms with Crippen LogP contribution in [0.2, 0.25) is 0 Å². The second-order valence-electron chi connectivity index (χ2n) is 4.31. The monoisotopic (exact) mass is 179 g/mol. The predicted octanol–water partition coefficient (Wildman–Crippen LogP) is 3.46. The Morgan fingerprint density at radius 1 is 1.62 bits per heavy atom. The van der Waals surface area contributed by atoms with Crippen LogP contribution in [0.5, 0.6) is 0 Å². The van der Waals surface area contributed by atoms with Gasteiger partial charge in [0.2, 0.25) is 0 Å². The maximum atomic E-state index is 4.05. The predicted molar refractivity (Wildman–Crippen MR) is 59.3 cm³/mol.